The molecule has 120 valence electrons. The zero-order chi connectivity index (χ0) is 16.4. The van der Waals surface area contributed by atoms with Gasteiger partial charge in [-0.1, -0.05) is 23.4 Å². The summed E-state index contributed by atoms with van der Waals surface area (Å²) in [4.78, 5) is 20.8. The number of aromatic amines is 1. The Bertz CT molecular complexity index is 938. The number of amides is 1. The van der Waals surface area contributed by atoms with E-state index in [4.69, 9.17) is 4.52 Å². The molecule has 1 aromatic carbocycles. The number of para-hydroxylation sites is 2. The molecule has 6 nitrogen and oxygen atoms in total. The van der Waals surface area contributed by atoms with Crippen LogP contribution >= 0.6 is 11.3 Å². The Hall–Kier alpha value is -2.93. The van der Waals surface area contributed by atoms with Crippen LogP contribution in [-0.4, -0.2) is 27.6 Å². The number of carbonyl (C=O) groups is 1. The minimum absolute atomic E-state index is 0.252. The third-order valence-corrected chi connectivity index (χ3v) is 4.48. The fourth-order valence-electron chi connectivity index (χ4n) is 2.43. The lowest BCUT2D eigenvalue weighted by molar-refractivity contribution is 0.0945. The predicted molar refractivity (Wildman–Crippen MR) is 91.9 cm³/mol. The van der Waals surface area contributed by atoms with Crippen molar-refractivity contribution in [2.45, 2.75) is 6.42 Å². The number of fused-ring (bicyclic) bond motifs is 1. The number of thiophene rings is 1. The van der Waals surface area contributed by atoms with E-state index in [2.05, 4.69) is 20.4 Å². The van der Waals surface area contributed by atoms with Gasteiger partial charge in [0.2, 0.25) is 0 Å². The van der Waals surface area contributed by atoms with Gasteiger partial charge in [0, 0.05) is 19.0 Å². The minimum Gasteiger partial charge on any atom is -0.355 e. The van der Waals surface area contributed by atoms with E-state index < -0.39 is 0 Å². The summed E-state index contributed by atoms with van der Waals surface area (Å²) in [5, 5.41) is 8.61. The van der Waals surface area contributed by atoms with Crippen LogP contribution in [0.2, 0.25) is 0 Å². The predicted octanol–water partition coefficient (Wildman–Crippen LogP) is 3.25. The highest BCUT2D eigenvalue weighted by atomic mass is 32.1. The first-order valence-corrected chi connectivity index (χ1v) is 8.40. The topological polar surface area (TPSA) is 83.8 Å². The van der Waals surface area contributed by atoms with Crippen LogP contribution < -0.4 is 5.32 Å². The molecule has 4 aromatic rings. The highest BCUT2D eigenvalue weighted by Gasteiger charge is 2.14. The van der Waals surface area contributed by atoms with E-state index in [1.165, 1.54) is 0 Å². The Balaban J connectivity index is 1.36. The van der Waals surface area contributed by atoms with Crippen molar-refractivity contribution in [3.05, 3.63) is 59.4 Å². The van der Waals surface area contributed by atoms with Crippen LogP contribution in [0.25, 0.3) is 21.7 Å². The molecule has 7 heteroatoms. The second-order valence-corrected chi connectivity index (χ2v) is 6.21. The molecule has 24 heavy (non-hydrogen) atoms. The van der Waals surface area contributed by atoms with E-state index in [0.29, 0.717) is 18.7 Å². The van der Waals surface area contributed by atoms with Gasteiger partial charge in [-0.3, -0.25) is 4.79 Å². The molecule has 3 aromatic heterocycles. The lowest BCUT2D eigenvalue weighted by atomic mass is 10.3. The van der Waals surface area contributed by atoms with Crippen molar-refractivity contribution in [2.24, 2.45) is 0 Å². The molecular weight excluding hydrogens is 324 g/mol. The summed E-state index contributed by atoms with van der Waals surface area (Å²) in [6.45, 7) is 0.472. The van der Waals surface area contributed by atoms with E-state index in [0.717, 1.165) is 21.7 Å². The molecule has 0 aliphatic carbocycles. The molecule has 0 saturated carbocycles. The molecule has 0 atom stereocenters. The van der Waals surface area contributed by atoms with Gasteiger partial charge in [-0.15, -0.1) is 11.3 Å². The standard InChI is InChI=1S/C17H14N4O2S/c22-17(13-10-14(23-21-13)15-6-3-9-24-15)18-8-7-16-19-11-4-1-2-5-12(11)20-16/h1-6,9-10H,7-8H2,(H,18,22)(H,19,20). The van der Waals surface area contributed by atoms with E-state index in [9.17, 15) is 4.79 Å². The average molecular weight is 338 g/mol. The van der Waals surface area contributed by atoms with Gasteiger partial charge in [0.05, 0.1) is 15.9 Å². The number of hydrogen-bond donors (Lipinski definition) is 2. The fourth-order valence-corrected chi connectivity index (χ4v) is 3.10. The summed E-state index contributed by atoms with van der Waals surface area (Å²) in [5.74, 6) is 1.20. The number of nitrogens with zero attached hydrogens (tertiary/aromatic N) is 2. The second kappa shape index (κ2) is 6.29. The molecule has 0 saturated heterocycles. The molecule has 4 rings (SSSR count). The molecule has 0 aliphatic rings. The normalized spacial score (nSPS) is 11.0. The molecule has 3 heterocycles. The number of imidazole rings is 1. The van der Waals surface area contributed by atoms with Crippen LogP contribution in [0, 0.1) is 0 Å². The first kappa shape index (κ1) is 14.6. The van der Waals surface area contributed by atoms with E-state index in [-0.39, 0.29) is 11.6 Å². The van der Waals surface area contributed by atoms with E-state index in [1.54, 1.807) is 17.4 Å². The third kappa shape index (κ3) is 2.93. The van der Waals surface area contributed by atoms with Crippen LogP contribution in [0.4, 0.5) is 0 Å². The maximum atomic E-state index is 12.1. The van der Waals surface area contributed by atoms with Gasteiger partial charge in [0.25, 0.3) is 5.91 Å². The number of carbonyl (C=O) groups excluding carboxylic acids is 1. The minimum atomic E-state index is -0.252. The molecule has 0 unspecified atom stereocenters. The van der Waals surface area contributed by atoms with Crippen molar-refractivity contribution in [1.29, 1.82) is 0 Å². The van der Waals surface area contributed by atoms with Crippen molar-refractivity contribution in [3.63, 3.8) is 0 Å². The summed E-state index contributed by atoms with van der Waals surface area (Å²) < 4.78 is 5.22. The Morgan fingerprint density at radius 3 is 3.00 bits per heavy atom. The highest BCUT2D eigenvalue weighted by molar-refractivity contribution is 7.13. The highest BCUT2D eigenvalue weighted by Crippen LogP contribution is 2.25. The van der Waals surface area contributed by atoms with Crippen LogP contribution in [0.3, 0.4) is 0 Å². The zero-order valence-electron chi connectivity index (χ0n) is 12.7. The van der Waals surface area contributed by atoms with Gasteiger partial charge < -0.3 is 14.8 Å². The van der Waals surface area contributed by atoms with Crippen LogP contribution in [0.1, 0.15) is 16.3 Å². The molecule has 0 radical (unpaired) electrons. The first-order valence-electron chi connectivity index (χ1n) is 7.52. The molecule has 2 N–H and O–H groups in total. The van der Waals surface area contributed by atoms with Gasteiger partial charge >= 0.3 is 0 Å². The Labute approximate surface area is 141 Å². The summed E-state index contributed by atoms with van der Waals surface area (Å²) in [5.41, 5.74) is 2.20. The number of benzene rings is 1. The summed E-state index contributed by atoms with van der Waals surface area (Å²) >= 11 is 1.54. The molecule has 0 bridgehead atoms. The summed E-state index contributed by atoms with van der Waals surface area (Å²) in [6, 6.07) is 13.3. The van der Waals surface area contributed by atoms with Crippen molar-refractivity contribution < 1.29 is 9.32 Å². The Morgan fingerprint density at radius 2 is 2.17 bits per heavy atom. The molecule has 0 fully saturated rings. The zero-order valence-corrected chi connectivity index (χ0v) is 13.5. The van der Waals surface area contributed by atoms with E-state index in [1.807, 2.05) is 41.8 Å². The Morgan fingerprint density at radius 1 is 1.25 bits per heavy atom. The first-order chi connectivity index (χ1) is 11.8. The summed E-state index contributed by atoms with van der Waals surface area (Å²) in [6.07, 6.45) is 0.621. The van der Waals surface area contributed by atoms with Gasteiger partial charge in [-0.2, -0.15) is 0 Å². The van der Waals surface area contributed by atoms with Gasteiger partial charge in [0.1, 0.15) is 5.82 Å². The van der Waals surface area contributed by atoms with Gasteiger partial charge in [0.15, 0.2) is 11.5 Å². The van der Waals surface area contributed by atoms with Gasteiger partial charge in [-0.25, -0.2) is 4.98 Å². The van der Waals surface area contributed by atoms with Crippen molar-refractivity contribution in [2.75, 3.05) is 6.54 Å². The monoisotopic (exact) mass is 338 g/mol. The molecule has 0 aliphatic heterocycles. The third-order valence-electron chi connectivity index (χ3n) is 3.59. The molecule has 1 amide bonds. The van der Waals surface area contributed by atoms with Crippen LogP contribution in [0.5, 0.6) is 0 Å². The molecule has 0 spiro atoms. The number of rotatable bonds is 5. The average Bonchev–Trinajstić information content (AvgIpc) is 3.33. The maximum absolute atomic E-state index is 12.1. The maximum Gasteiger partial charge on any atom is 0.273 e. The quantitative estimate of drug-likeness (QED) is 0.585. The van der Waals surface area contributed by atoms with Crippen molar-refractivity contribution in [3.8, 4) is 10.6 Å². The number of nitrogens with one attached hydrogen (secondary N) is 2. The van der Waals surface area contributed by atoms with Crippen LogP contribution in [-0.2, 0) is 6.42 Å². The SMILES string of the molecule is O=C(NCCc1nc2ccccc2[nH]1)c1cc(-c2cccs2)on1. The van der Waals surface area contributed by atoms with Gasteiger partial charge in [-0.05, 0) is 23.6 Å². The largest absolute Gasteiger partial charge is 0.355 e. The molecular formula is C17H14N4O2S. The number of H-pyrrole nitrogens is 1. The van der Waals surface area contributed by atoms with Crippen molar-refractivity contribution in [1.82, 2.24) is 20.4 Å². The fraction of sp³-hybridized carbons (Fsp3) is 0.118. The smallest absolute Gasteiger partial charge is 0.273 e. The number of hydrogen-bond acceptors (Lipinski definition) is 5. The second-order valence-electron chi connectivity index (χ2n) is 5.26. The lowest BCUT2D eigenvalue weighted by Crippen LogP contribution is -2.26. The van der Waals surface area contributed by atoms with Crippen molar-refractivity contribution >= 4 is 28.3 Å². The summed E-state index contributed by atoms with van der Waals surface area (Å²) in [7, 11) is 0. The Kier molecular flexibility index (Phi) is 3.84. The van der Waals surface area contributed by atoms with E-state index >= 15 is 0 Å². The number of aromatic nitrogens is 3. The lowest BCUT2D eigenvalue weighted by Gasteiger charge is -2.00. The van der Waals surface area contributed by atoms with Crippen LogP contribution in [0.15, 0.2) is 52.4 Å².